The summed E-state index contributed by atoms with van der Waals surface area (Å²) in [6.07, 6.45) is 2.14. The van der Waals surface area contributed by atoms with Crippen LogP contribution in [-0.4, -0.2) is 68.0 Å². The summed E-state index contributed by atoms with van der Waals surface area (Å²) in [6.45, 7) is 5.28. The monoisotopic (exact) mass is 320 g/mol. The van der Waals surface area contributed by atoms with E-state index in [0.717, 1.165) is 12.8 Å². The number of esters is 1. The molecule has 2 fully saturated rings. The van der Waals surface area contributed by atoms with Crippen molar-refractivity contribution in [3.05, 3.63) is 0 Å². The van der Waals surface area contributed by atoms with Crippen LogP contribution >= 0.6 is 0 Å². The van der Waals surface area contributed by atoms with Crippen molar-refractivity contribution in [3.8, 4) is 0 Å². The number of carbonyl (C=O) groups excluding carboxylic acids is 1. The second-order valence-electron chi connectivity index (χ2n) is 5.42. The smallest absolute Gasteiger partial charge is 0.324 e. The number of rotatable bonds is 4. The van der Waals surface area contributed by atoms with Crippen LogP contribution in [0.25, 0.3) is 0 Å². The van der Waals surface area contributed by atoms with E-state index < -0.39 is 22.2 Å². The van der Waals surface area contributed by atoms with E-state index in [9.17, 15) is 13.2 Å². The Balaban J connectivity index is 2.20. The molecule has 2 aliphatic heterocycles. The largest absolute Gasteiger partial charge is 0.465 e. The normalized spacial score (nSPS) is 29.2. The lowest BCUT2D eigenvalue weighted by Crippen LogP contribution is -2.58. The highest BCUT2D eigenvalue weighted by atomic mass is 32.2. The van der Waals surface area contributed by atoms with Crippen LogP contribution in [0.5, 0.6) is 0 Å². The van der Waals surface area contributed by atoms with Gasteiger partial charge in [0.25, 0.3) is 10.2 Å². The molecule has 2 saturated heterocycles. The summed E-state index contributed by atoms with van der Waals surface area (Å²) < 4.78 is 38.8. The van der Waals surface area contributed by atoms with Crippen LogP contribution in [0.3, 0.4) is 0 Å². The number of ether oxygens (including phenoxy) is 2. The highest BCUT2D eigenvalue weighted by molar-refractivity contribution is 7.86. The van der Waals surface area contributed by atoms with Gasteiger partial charge in [0, 0.05) is 19.1 Å². The van der Waals surface area contributed by atoms with Gasteiger partial charge >= 0.3 is 5.97 Å². The molecule has 0 aromatic rings. The van der Waals surface area contributed by atoms with E-state index in [1.54, 1.807) is 6.92 Å². The molecule has 0 aromatic carbocycles. The minimum Gasteiger partial charge on any atom is -0.465 e. The highest BCUT2D eigenvalue weighted by Crippen LogP contribution is 2.25. The van der Waals surface area contributed by atoms with Gasteiger partial charge in [0.2, 0.25) is 0 Å². The van der Waals surface area contributed by atoms with Crippen molar-refractivity contribution >= 4 is 16.2 Å². The lowest BCUT2D eigenvalue weighted by Gasteiger charge is -2.40. The fourth-order valence-electron chi connectivity index (χ4n) is 2.84. The molecule has 7 nitrogen and oxygen atoms in total. The molecule has 0 N–H and O–H groups in total. The van der Waals surface area contributed by atoms with Crippen molar-refractivity contribution in [2.45, 2.75) is 45.2 Å². The van der Waals surface area contributed by atoms with Gasteiger partial charge in [-0.3, -0.25) is 4.79 Å². The predicted octanol–water partition coefficient (Wildman–Crippen LogP) is 0.370. The van der Waals surface area contributed by atoms with Crippen molar-refractivity contribution in [1.82, 2.24) is 8.61 Å². The van der Waals surface area contributed by atoms with E-state index >= 15 is 0 Å². The van der Waals surface area contributed by atoms with E-state index in [0.29, 0.717) is 32.7 Å². The molecule has 0 aliphatic carbocycles. The molecule has 2 atom stereocenters. The Morgan fingerprint density at radius 3 is 2.71 bits per heavy atom. The zero-order valence-electron chi connectivity index (χ0n) is 12.7. The van der Waals surface area contributed by atoms with Crippen LogP contribution in [0.4, 0.5) is 0 Å². The predicted molar refractivity (Wildman–Crippen MR) is 76.9 cm³/mol. The standard InChI is InChI=1S/C13H24N2O5S/c1-3-20-13(16)12-6-4-5-7-15(12)21(17,18)14-8-9-19-10-11(14)2/h11-12H,3-10H2,1-2H3/t11-,12+/m1/s1. The third-order valence-electron chi connectivity index (χ3n) is 3.91. The Kier molecular flexibility index (Phi) is 5.59. The first-order chi connectivity index (χ1) is 9.98. The van der Waals surface area contributed by atoms with Crippen LogP contribution < -0.4 is 0 Å². The third kappa shape index (κ3) is 3.56. The van der Waals surface area contributed by atoms with Crippen molar-refractivity contribution in [3.63, 3.8) is 0 Å². The first-order valence-corrected chi connectivity index (χ1v) is 8.91. The molecule has 0 bridgehead atoms. The molecule has 2 heterocycles. The SMILES string of the molecule is CCOC(=O)[C@@H]1CCCCN1S(=O)(=O)N1CCOC[C@H]1C. The van der Waals surface area contributed by atoms with E-state index in [2.05, 4.69) is 0 Å². The van der Waals surface area contributed by atoms with Gasteiger partial charge in [-0.15, -0.1) is 0 Å². The lowest BCUT2D eigenvalue weighted by molar-refractivity contribution is -0.148. The minimum atomic E-state index is -3.66. The zero-order valence-corrected chi connectivity index (χ0v) is 13.5. The second-order valence-corrected chi connectivity index (χ2v) is 7.25. The van der Waals surface area contributed by atoms with E-state index in [-0.39, 0.29) is 12.6 Å². The Labute approximate surface area is 126 Å². The van der Waals surface area contributed by atoms with Gasteiger partial charge in [0.15, 0.2) is 0 Å². The lowest BCUT2D eigenvalue weighted by atomic mass is 10.1. The molecule has 2 aliphatic rings. The number of hydrogen-bond donors (Lipinski definition) is 0. The van der Waals surface area contributed by atoms with Gasteiger partial charge < -0.3 is 9.47 Å². The Bertz CT molecular complexity index is 467. The Hall–Kier alpha value is -0.700. The van der Waals surface area contributed by atoms with Gasteiger partial charge in [0.1, 0.15) is 6.04 Å². The molecule has 0 unspecified atom stereocenters. The number of hydrogen-bond acceptors (Lipinski definition) is 5. The Morgan fingerprint density at radius 1 is 1.29 bits per heavy atom. The quantitative estimate of drug-likeness (QED) is 0.700. The van der Waals surface area contributed by atoms with Gasteiger partial charge in [-0.05, 0) is 33.1 Å². The number of morpholine rings is 1. The fraction of sp³-hybridized carbons (Fsp3) is 0.923. The summed E-state index contributed by atoms with van der Waals surface area (Å²) in [5.74, 6) is -0.443. The fourth-order valence-corrected chi connectivity index (χ4v) is 4.81. The third-order valence-corrected chi connectivity index (χ3v) is 6.08. The average Bonchev–Trinajstić information content (AvgIpc) is 2.48. The highest BCUT2D eigenvalue weighted by Gasteiger charge is 2.42. The van der Waals surface area contributed by atoms with Gasteiger partial charge in [-0.1, -0.05) is 0 Å². The molecule has 0 aromatic heterocycles. The van der Waals surface area contributed by atoms with Crippen molar-refractivity contribution in [1.29, 1.82) is 0 Å². The summed E-state index contributed by atoms with van der Waals surface area (Å²) in [5.41, 5.74) is 0. The minimum absolute atomic E-state index is 0.214. The molecule has 8 heteroatoms. The number of nitrogens with zero attached hydrogens (tertiary/aromatic N) is 2. The molecule has 0 radical (unpaired) electrons. The maximum absolute atomic E-state index is 12.9. The molecule has 122 valence electrons. The van der Waals surface area contributed by atoms with Crippen LogP contribution in [0, 0.1) is 0 Å². The average molecular weight is 320 g/mol. The molecule has 0 amide bonds. The number of piperidine rings is 1. The van der Waals surface area contributed by atoms with Crippen molar-refractivity contribution < 1.29 is 22.7 Å². The van der Waals surface area contributed by atoms with Crippen LogP contribution in [0.15, 0.2) is 0 Å². The topological polar surface area (TPSA) is 76.2 Å². The van der Waals surface area contributed by atoms with Gasteiger partial charge in [0.05, 0.1) is 19.8 Å². The molecule has 0 spiro atoms. The van der Waals surface area contributed by atoms with Crippen LogP contribution in [0.2, 0.25) is 0 Å². The summed E-state index contributed by atoms with van der Waals surface area (Å²) >= 11 is 0. The summed E-state index contributed by atoms with van der Waals surface area (Å²) in [7, 11) is -3.66. The van der Waals surface area contributed by atoms with Gasteiger partial charge in [-0.25, -0.2) is 0 Å². The maximum Gasteiger partial charge on any atom is 0.324 e. The summed E-state index contributed by atoms with van der Waals surface area (Å²) in [6, 6.07) is -0.910. The van der Waals surface area contributed by atoms with Crippen LogP contribution in [0.1, 0.15) is 33.1 Å². The molecule has 21 heavy (non-hydrogen) atoms. The molecular weight excluding hydrogens is 296 g/mol. The second kappa shape index (κ2) is 7.04. The molecule has 2 rings (SSSR count). The van der Waals surface area contributed by atoms with Crippen molar-refractivity contribution in [2.75, 3.05) is 32.9 Å². The van der Waals surface area contributed by atoms with E-state index in [1.165, 1.54) is 8.61 Å². The van der Waals surface area contributed by atoms with Gasteiger partial charge in [-0.2, -0.15) is 17.0 Å². The number of carbonyl (C=O) groups is 1. The maximum atomic E-state index is 12.9. The van der Waals surface area contributed by atoms with Crippen LogP contribution in [-0.2, 0) is 24.5 Å². The van der Waals surface area contributed by atoms with Crippen molar-refractivity contribution in [2.24, 2.45) is 0 Å². The van der Waals surface area contributed by atoms with E-state index in [1.807, 2.05) is 6.92 Å². The zero-order chi connectivity index (χ0) is 15.5. The van der Waals surface area contributed by atoms with E-state index in [4.69, 9.17) is 9.47 Å². The first kappa shape index (κ1) is 16.7. The first-order valence-electron chi connectivity index (χ1n) is 7.51. The Morgan fingerprint density at radius 2 is 2.05 bits per heavy atom. The molecule has 0 saturated carbocycles. The molecular formula is C13H24N2O5S. The summed E-state index contributed by atoms with van der Waals surface area (Å²) in [4.78, 5) is 12.0. The summed E-state index contributed by atoms with van der Waals surface area (Å²) in [5, 5.41) is 0.